The molecule has 0 atom stereocenters. The largest absolute Gasteiger partial charge is 0.273 e. The number of carbonyl (C=O) groups is 1. The van der Waals surface area contributed by atoms with Crippen LogP contribution in [0.4, 0.5) is 0 Å². The zero-order valence-corrected chi connectivity index (χ0v) is 9.51. The molecule has 0 saturated carbocycles. The van der Waals surface area contributed by atoms with E-state index in [2.05, 4.69) is 5.10 Å². The normalized spacial score (nSPS) is 15.8. The van der Waals surface area contributed by atoms with Crippen LogP contribution in [0.25, 0.3) is 0 Å². The molecule has 78 valence electrons. The maximum atomic E-state index is 11.3. The minimum atomic E-state index is -0.0407. The predicted molar refractivity (Wildman–Crippen MR) is 60.4 cm³/mol. The molecule has 0 spiro atoms. The topological polar surface area (TPSA) is 32.7 Å². The molecule has 0 radical (unpaired) electrons. The van der Waals surface area contributed by atoms with Crippen molar-refractivity contribution in [2.45, 2.75) is 6.42 Å². The fraction of sp³-hybridized carbons (Fsp3) is 0.200. The molecule has 2 rings (SSSR count). The van der Waals surface area contributed by atoms with Crippen molar-refractivity contribution in [2.75, 3.05) is 7.05 Å². The van der Waals surface area contributed by atoms with Gasteiger partial charge in [-0.2, -0.15) is 5.10 Å². The molecule has 3 nitrogen and oxygen atoms in total. The summed E-state index contributed by atoms with van der Waals surface area (Å²) in [5.41, 5.74) is 1.39. The average Bonchev–Trinajstić information content (AvgIpc) is 2.51. The first kappa shape index (κ1) is 10.5. The Bertz CT molecular complexity index is 457. The molecule has 0 saturated heterocycles. The zero-order valence-electron chi connectivity index (χ0n) is 8.00. The van der Waals surface area contributed by atoms with Gasteiger partial charge in [0.25, 0.3) is 0 Å². The van der Waals surface area contributed by atoms with E-state index in [1.54, 1.807) is 25.2 Å². The Hall–Kier alpha value is -1.06. The van der Waals surface area contributed by atoms with Gasteiger partial charge in [-0.15, -0.1) is 0 Å². The van der Waals surface area contributed by atoms with Crippen LogP contribution >= 0.6 is 23.2 Å². The van der Waals surface area contributed by atoms with Crippen LogP contribution in [0, 0.1) is 0 Å². The second-order valence-corrected chi connectivity index (χ2v) is 4.03. The highest BCUT2D eigenvalue weighted by Crippen LogP contribution is 2.28. The molecular formula is C10H8Cl2N2O. The third kappa shape index (κ3) is 1.85. The number of rotatable bonds is 1. The molecule has 0 unspecified atom stereocenters. The molecule has 1 aromatic rings. The Balaban J connectivity index is 2.44. The number of amides is 1. The van der Waals surface area contributed by atoms with Crippen molar-refractivity contribution in [3.63, 3.8) is 0 Å². The summed E-state index contributed by atoms with van der Waals surface area (Å²) < 4.78 is 0. The van der Waals surface area contributed by atoms with Gasteiger partial charge in [-0.05, 0) is 6.07 Å². The lowest BCUT2D eigenvalue weighted by Crippen LogP contribution is -2.14. The third-order valence-corrected chi connectivity index (χ3v) is 3.03. The molecule has 1 amide bonds. The minimum absolute atomic E-state index is 0.0407. The maximum absolute atomic E-state index is 11.3. The zero-order chi connectivity index (χ0) is 11.0. The number of benzene rings is 1. The SMILES string of the molecule is CN1N=C(c2cccc(Cl)c2Cl)CC1=O. The van der Waals surface area contributed by atoms with Crippen molar-refractivity contribution in [2.24, 2.45) is 5.10 Å². The molecule has 0 fully saturated rings. The fourth-order valence-corrected chi connectivity index (χ4v) is 1.82. The van der Waals surface area contributed by atoms with Crippen molar-refractivity contribution in [3.05, 3.63) is 33.8 Å². The van der Waals surface area contributed by atoms with E-state index in [0.29, 0.717) is 15.8 Å². The van der Waals surface area contributed by atoms with Gasteiger partial charge in [0.2, 0.25) is 5.91 Å². The summed E-state index contributed by atoms with van der Waals surface area (Å²) in [4.78, 5) is 11.3. The first-order valence-corrected chi connectivity index (χ1v) is 5.13. The predicted octanol–water partition coefficient (Wildman–Crippen LogP) is 2.56. The molecule has 0 bridgehead atoms. The van der Waals surface area contributed by atoms with Crippen LogP contribution in [0.5, 0.6) is 0 Å². The van der Waals surface area contributed by atoms with Crippen molar-refractivity contribution >= 4 is 34.8 Å². The monoisotopic (exact) mass is 242 g/mol. The Kier molecular flexibility index (Phi) is 2.67. The Morgan fingerprint density at radius 3 is 2.73 bits per heavy atom. The molecule has 5 heteroatoms. The van der Waals surface area contributed by atoms with Crippen LogP contribution in [0.1, 0.15) is 12.0 Å². The number of hydrogen-bond donors (Lipinski definition) is 0. The van der Waals surface area contributed by atoms with Crippen LogP contribution in [-0.2, 0) is 4.79 Å². The molecule has 1 aliphatic heterocycles. The molecule has 0 aliphatic carbocycles. The van der Waals surface area contributed by atoms with E-state index in [1.807, 2.05) is 0 Å². The molecular weight excluding hydrogens is 235 g/mol. The van der Waals surface area contributed by atoms with Crippen molar-refractivity contribution in [1.82, 2.24) is 5.01 Å². The van der Waals surface area contributed by atoms with E-state index in [-0.39, 0.29) is 12.3 Å². The van der Waals surface area contributed by atoms with Crippen LogP contribution in [-0.4, -0.2) is 23.7 Å². The van der Waals surface area contributed by atoms with Crippen LogP contribution in [0.2, 0.25) is 10.0 Å². The number of hydrazone groups is 1. The van der Waals surface area contributed by atoms with Gasteiger partial charge in [-0.1, -0.05) is 35.3 Å². The summed E-state index contributed by atoms with van der Waals surface area (Å²) >= 11 is 11.9. The Morgan fingerprint density at radius 2 is 2.13 bits per heavy atom. The van der Waals surface area contributed by atoms with Crippen molar-refractivity contribution < 1.29 is 4.79 Å². The van der Waals surface area contributed by atoms with E-state index in [0.717, 1.165) is 5.56 Å². The first-order valence-electron chi connectivity index (χ1n) is 4.38. The summed E-state index contributed by atoms with van der Waals surface area (Å²) in [7, 11) is 1.62. The highest BCUT2D eigenvalue weighted by Gasteiger charge is 2.23. The number of nitrogens with zero attached hydrogens (tertiary/aromatic N) is 2. The smallest absolute Gasteiger partial charge is 0.248 e. The number of halogens is 2. The van der Waals surface area contributed by atoms with Crippen LogP contribution in [0.15, 0.2) is 23.3 Å². The summed E-state index contributed by atoms with van der Waals surface area (Å²) in [5.74, 6) is -0.0407. The van der Waals surface area contributed by atoms with Gasteiger partial charge >= 0.3 is 0 Å². The minimum Gasteiger partial charge on any atom is -0.273 e. The maximum Gasteiger partial charge on any atom is 0.248 e. The third-order valence-electron chi connectivity index (χ3n) is 2.21. The summed E-state index contributed by atoms with van der Waals surface area (Å²) in [6.45, 7) is 0. The average molecular weight is 243 g/mol. The van der Waals surface area contributed by atoms with Gasteiger partial charge in [-0.3, -0.25) is 4.79 Å². The Morgan fingerprint density at radius 1 is 1.40 bits per heavy atom. The standard InChI is InChI=1S/C10H8Cl2N2O/c1-14-9(15)5-8(13-14)6-3-2-4-7(11)10(6)12/h2-4H,5H2,1H3. The molecule has 1 aromatic carbocycles. The van der Waals surface area contributed by atoms with Gasteiger partial charge in [0.05, 0.1) is 22.2 Å². The van der Waals surface area contributed by atoms with Crippen LogP contribution in [0.3, 0.4) is 0 Å². The molecule has 15 heavy (non-hydrogen) atoms. The lowest BCUT2D eigenvalue weighted by atomic mass is 10.1. The highest BCUT2D eigenvalue weighted by molar-refractivity contribution is 6.44. The number of hydrogen-bond acceptors (Lipinski definition) is 2. The second kappa shape index (κ2) is 3.83. The van der Waals surface area contributed by atoms with E-state index < -0.39 is 0 Å². The highest BCUT2D eigenvalue weighted by atomic mass is 35.5. The van der Waals surface area contributed by atoms with E-state index in [9.17, 15) is 4.79 Å². The van der Waals surface area contributed by atoms with Gasteiger partial charge in [-0.25, -0.2) is 5.01 Å². The number of carbonyl (C=O) groups excluding carboxylic acids is 1. The Labute approximate surface area is 97.3 Å². The first-order chi connectivity index (χ1) is 7.09. The quantitative estimate of drug-likeness (QED) is 0.746. The van der Waals surface area contributed by atoms with Gasteiger partial charge in [0.15, 0.2) is 0 Å². The second-order valence-electron chi connectivity index (χ2n) is 3.24. The van der Waals surface area contributed by atoms with E-state index in [4.69, 9.17) is 23.2 Å². The van der Waals surface area contributed by atoms with Crippen LogP contribution < -0.4 is 0 Å². The van der Waals surface area contributed by atoms with Crippen molar-refractivity contribution in [1.29, 1.82) is 0 Å². The van der Waals surface area contributed by atoms with E-state index in [1.165, 1.54) is 5.01 Å². The molecule has 0 aromatic heterocycles. The van der Waals surface area contributed by atoms with Gasteiger partial charge < -0.3 is 0 Å². The molecule has 0 N–H and O–H groups in total. The lowest BCUT2D eigenvalue weighted by Gasteiger charge is -2.03. The summed E-state index contributed by atoms with van der Waals surface area (Å²) in [6.07, 6.45) is 0.274. The van der Waals surface area contributed by atoms with Crippen molar-refractivity contribution in [3.8, 4) is 0 Å². The molecule has 1 heterocycles. The lowest BCUT2D eigenvalue weighted by molar-refractivity contribution is -0.127. The summed E-state index contributed by atoms with van der Waals surface area (Å²) in [6, 6.07) is 5.29. The summed E-state index contributed by atoms with van der Waals surface area (Å²) in [5, 5.41) is 6.33. The van der Waals surface area contributed by atoms with E-state index >= 15 is 0 Å². The fourth-order valence-electron chi connectivity index (χ4n) is 1.41. The van der Waals surface area contributed by atoms with Gasteiger partial charge in [0, 0.05) is 12.6 Å². The molecule has 1 aliphatic rings. The van der Waals surface area contributed by atoms with Gasteiger partial charge in [0.1, 0.15) is 0 Å².